The van der Waals surface area contributed by atoms with Crippen molar-refractivity contribution in [3.8, 4) is 22.1 Å². The van der Waals surface area contributed by atoms with E-state index in [1.807, 2.05) is 31.2 Å². The minimum absolute atomic E-state index is 0.0969. The average Bonchev–Trinajstić information content (AvgIpc) is 3.78. The number of ether oxygens (including phenoxy) is 1. The summed E-state index contributed by atoms with van der Waals surface area (Å²) in [7, 11) is 3.11. The number of carboxylic acid groups (broad SMARTS) is 1. The van der Waals surface area contributed by atoms with Gasteiger partial charge in [0.1, 0.15) is 11.5 Å². The predicted octanol–water partition coefficient (Wildman–Crippen LogP) is 5.68. The van der Waals surface area contributed by atoms with E-state index in [0.717, 1.165) is 31.0 Å². The highest BCUT2D eigenvalue weighted by atomic mass is 35.5. The van der Waals surface area contributed by atoms with Crippen LogP contribution >= 0.6 is 22.9 Å². The number of anilines is 1. The molecule has 4 aromatic rings. The van der Waals surface area contributed by atoms with Crippen molar-refractivity contribution in [2.24, 2.45) is 36.1 Å². The number of benzene rings is 2. The molecule has 2 aromatic carbocycles. The second kappa shape index (κ2) is 12.0. The zero-order valence-corrected chi connectivity index (χ0v) is 30.3. The first-order chi connectivity index (χ1) is 24.8. The number of hydrogen-bond donors (Lipinski definition) is 2. The van der Waals surface area contributed by atoms with Crippen LogP contribution in [0, 0.1) is 36.0 Å². The lowest BCUT2D eigenvalue weighted by molar-refractivity contribution is -0.142. The Bertz CT molecular complexity index is 2290. The van der Waals surface area contributed by atoms with E-state index in [1.54, 1.807) is 43.5 Å². The monoisotopic (exact) mass is 742 g/mol. The number of thiophene rings is 1. The molecule has 1 saturated carbocycles. The molecular formula is C38H35ClN4O8S. The number of phenolic OH excluding ortho intramolecular Hbond substituents is 1. The molecule has 0 bridgehead atoms. The Hall–Kier alpha value is -5.01. The summed E-state index contributed by atoms with van der Waals surface area (Å²) in [6.07, 6.45) is 1.92. The van der Waals surface area contributed by atoms with Crippen molar-refractivity contribution >= 4 is 68.4 Å². The van der Waals surface area contributed by atoms with Crippen LogP contribution in [-0.2, 0) is 31.0 Å². The zero-order chi connectivity index (χ0) is 37.0. The molecule has 52 heavy (non-hydrogen) atoms. The fourth-order valence-corrected chi connectivity index (χ4v) is 10.5. The first-order valence-corrected chi connectivity index (χ1v) is 18.2. The Kier molecular flexibility index (Phi) is 7.88. The number of allylic oxidation sites excluding steroid dienone is 2. The van der Waals surface area contributed by atoms with Crippen molar-refractivity contribution < 1.29 is 38.9 Å². The van der Waals surface area contributed by atoms with E-state index in [4.69, 9.17) is 21.4 Å². The molecule has 2 aliphatic carbocycles. The molecule has 12 nitrogen and oxygen atoms in total. The third kappa shape index (κ3) is 4.78. The number of carboxylic acids is 1. The van der Waals surface area contributed by atoms with E-state index in [1.165, 1.54) is 22.8 Å². The molecule has 2 aliphatic heterocycles. The van der Waals surface area contributed by atoms with Crippen LogP contribution in [0.3, 0.4) is 0 Å². The third-order valence-electron chi connectivity index (χ3n) is 11.7. The van der Waals surface area contributed by atoms with Crippen molar-refractivity contribution in [2.45, 2.75) is 39.0 Å². The average molecular weight is 743 g/mol. The van der Waals surface area contributed by atoms with Gasteiger partial charge in [0, 0.05) is 35.3 Å². The highest BCUT2D eigenvalue weighted by Crippen LogP contribution is 2.64. The number of rotatable bonds is 7. The lowest BCUT2D eigenvalue weighted by Crippen LogP contribution is -2.49. The Balaban J connectivity index is 1.24. The number of fused-ring (bicyclic) bond motifs is 5. The molecule has 3 fully saturated rings. The molecule has 4 aliphatic rings. The van der Waals surface area contributed by atoms with Gasteiger partial charge in [-0.2, -0.15) is 5.10 Å². The van der Waals surface area contributed by atoms with Crippen LogP contribution in [0.4, 0.5) is 5.82 Å². The molecule has 6 unspecified atom stereocenters. The van der Waals surface area contributed by atoms with Crippen molar-refractivity contribution in [1.29, 1.82) is 0 Å². The van der Waals surface area contributed by atoms with Crippen LogP contribution in [-0.4, -0.2) is 68.1 Å². The van der Waals surface area contributed by atoms with Crippen molar-refractivity contribution in [3.63, 3.8) is 0 Å². The molecule has 2 saturated heterocycles. The minimum Gasteiger partial charge on any atom is -0.504 e. The number of hydrogen-bond acceptors (Lipinski definition) is 9. The lowest BCUT2D eigenvalue weighted by Gasteiger charge is -2.49. The Morgan fingerprint density at radius 3 is 2.58 bits per heavy atom. The number of carbonyl (C=O) groups is 5. The summed E-state index contributed by atoms with van der Waals surface area (Å²) >= 11 is 7.83. The van der Waals surface area contributed by atoms with Gasteiger partial charge in [-0.25, -0.2) is 4.90 Å². The Morgan fingerprint density at radius 1 is 1.08 bits per heavy atom. The first-order valence-electron chi connectivity index (χ1n) is 17.0. The molecule has 0 radical (unpaired) electrons. The van der Waals surface area contributed by atoms with E-state index in [0.29, 0.717) is 22.1 Å². The SMILES string of the molecule is COc1cc(C2C3=CCC4C(=O)N(CCC(=O)O)C(=O)C4C3CC3C(=O)N(c4cc(-c5sc6ccc(Cl)cc6c5C)nn4C)C(=O)C32C)ccc1O. The van der Waals surface area contributed by atoms with Gasteiger partial charge in [-0.1, -0.05) is 29.3 Å². The number of methoxy groups -OCH3 is 1. The smallest absolute Gasteiger partial charge is 0.305 e. The number of imide groups is 2. The maximum atomic E-state index is 15.0. The summed E-state index contributed by atoms with van der Waals surface area (Å²) < 4.78 is 8.01. The second-order valence-electron chi connectivity index (χ2n) is 14.3. The van der Waals surface area contributed by atoms with Crippen molar-refractivity contribution in [1.82, 2.24) is 14.7 Å². The summed E-state index contributed by atoms with van der Waals surface area (Å²) in [5, 5.41) is 26.2. The van der Waals surface area contributed by atoms with Gasteiger partial charge in [-0.3, -0.25) is 33.6 Å². The molecule has 2 aromatic heterocycles. The number of aromatic nitrogens is 2. The zero-order valence-electron chi connectivity index (χ0n) is 28.8. The molecular weight excluding hydrogens is 708 g/mol. The topological polar surface area (TPSA) is 159 Å². The highest BCUT2D eigenvalue weighted by Gasteiger charge is 2.68. The fraction of sp³-hybridized carbons (Fsp3) is 0.368. The molecule has 14 heteroatoms. The summed E-state index contributed by atoms with van der Waals surface area (Å²) in [5.74, 6) is -6.13. The standard InChI is InChI=1S/C38H35ClN4O8S/c1-17-22-14-19(39)6-10-28(22)52-33(17)25-16-29(41(3)40-25)43-35(48)24-15-23-20(7-8-21-31(23)36(49)42(34(21)47)12-11-30(45)46)32(38(24,2)37(43)50)18-5-9-26(44)27(13-18)51-4/h5-7,9-10,13-14,16,21,23-24,31-32,44H,8,11-12,15H2,1-4H3,(H,45,46). The van der Waals surface area contributed by atoms with E-state index in [-0.39, 0.29) is 37.3 Å². The van der Waals surface area contributed by atoms with Crippen molar-refractivity contribution in [2.75, 3.05) is 18.6 Å². The first kappa shape index (κ1) is 34.1. The van der Waals surface area contributed by atoms with Gasteiger partial charge in [0.2, 0.25) is 23.6 Å². The van der Waals surface area contributed by atoms with E-state index >= 15 is 0 Å². The molecule has 268 valence electrons. The fourth-order valence-electron chi connectivity index (χ4n) is 9.20. The largest absolute Gasteiger partial charge is 0.504 e. The number of phenols is 1. The van der Waals surface area contributed by atoms with Gasteiger partial charge in [0.05, 0.1) is 41.6 Å². The van der Waals surface area contributed by atoms with Crippen molar-refractivity contribution in [3.05, 3.63) is 70.3 Å². The summed E-state index contributed by atoms with van der Waals surface area (Å²) in [6, 6.07) is 12.3. The lowest BCUT2D eigenvalue weighted by atomic mass is 9.51. The molecule has 2 N–H and O–H groups in total. The van der Waals surface area contributed by atoms with E-state index < -0.39 is 64.6 Å². The van der Waals surface area contributed by atoms with Gasteiger partial charge in [0.25, 0.3) is 0 Å². The Labute approximate surface area is 307 Å². The number of likely N-dealkylation sites (tertiary alicyclic amines) is 1. The number of aryl methyl sites for hydroxylation is 2. The van der Waals surface area contributed by atoms with Crippen LogP contribution in [0.15, 0.2) is 54.1 Å². The minimum atomic E-state index is -1.32. The number of carbonyl (C=O) groups excluding carboxylic acids is 4. The van der Waals surface area contributed by atoms with E-state index in [2.05, 4.69) is 0 Å². The number of aliphatic carboxylic acids is 1. The van der Waals surface area contributed by atoms with Crippen LogP contribution in [0.5, 0.6) is 11.5 Å². The van der Waals surface area contributed by atoms with Gasteiger partial charge >= 0.3 is 5.97 Å². The van der Waals surface area contributed by atoms with Gasteiger partial charge in [-0.15, -0.1) is 11.3 Å². The Morgan fingerprint density at radius 2 is 1.85 bits per heavy atom. The maximum absolute atomic E-state index is 15.0. The molecule has 0 spiro atoms. The highest BCUT2D eigenvalue weighted by molar-refractivity contribution is 7.22. The quantitative estimate of drug-likeness (QED) is 0.179. The molecule has 4 heterocycles. The predicted molar refractivity (Wildman–Crippen MR) is 192 cm³/mol. The van der Waals surface area contributed by atoms with Gasteiger partial charge in [0.15, 0.2) is 11.5 Å². The van der Waals surface area contributed by atoms with Crippen LogP contribution < -0.4 is 9.64 Å². The molecule has 4 amide bonds. The van der Waals surface area contributed by atoms with Crippen LogP contribution in [0.25, 0.3) is 20.7 Å². The number of nitrogens with zero attached hydrogens (tertiary/aromatic N) is 4. The summed E-state index contributed by atoms with van der Waals surface area (Å²) in [4.78, 5) is 71.7. The normalized spacial score (nSPS) is 26.9. The number of amides is 4. The van der Waals surface area contributed by atoms with Gasteiger partial charge < -0.3 is 14.9 Å². The maximum Gasteiger partial charge on any atom is 0.305 e. The molecule has 6 atom stereocenters. The molecule has 8 rings (SSSR count). The number of aromatic hydroxyl groups is 1. The van der Waals surface area contributed by atoms with Crippen LogP contribution in [0.1, 0.15) is 43.2 Å². The van der Waals surface area contributed by atoms with Crippen LogP contribution in [0.2, 0.25) is 5.02 Å². The second-order valence-corrected chi connectivity index (χ2v) is 15.8. The summed E-state index contributed by atoms with van der Waals surface area (Å²) in [5.41, 5.74) is 1.64. The van der Waals surface area contributed by atoms with E-state index in [9.17, 15) is 34.2 Å². The third-order valence-corrected chi connectivity index (χ3v) is 13.2. The summed E-state index contributed by atoms with van der Waals surface area (Å²) in [6.45, 7) is 3.53. The number of halogens is 1. The van der Waals surface area contributed by atoms with Gasteiger partial charge in [-0.05, 0) is 79.5 Å².